The van der Waals surface area contributed by atoms with Crippen LogP contribution in [0.25, 0.3) is 16.5 Å². The van der Waals surface area contributed by atoms with Crippen LogP contribution in [0, 0.1) is 0 Å². The summed E-state index contributed by atoms with van der Waals surface area (Å²) in [4.78, 5) is 23.2. The highest BCUT2D eigenvalue weighted by Gasteiger charge is 2.37. The van der Waals surface area contributed by atoms with Crippen molar-refractivity contribution in [3.8, 4) is 0 Å². The largest absolute Gasteiger partial charge is 0.458 e. The van der Waals surface area contributed by atoms with Crippen LogP contribution in [0.2, 0.25) is 0 Å². The third-order valence-corrected chi connectivity index (χ3v) is 6.08. The second-order valence-electron chi connectivity index (χ2n) is 7.34. The maximum atomic E-state index is 13.7. The number of carbonyl (C=O) groups is 1. The highest BCUT2D eigenvalue weighted by Crippen LogP contribution is 2.37. The number of carbonyl (C=O) groups excluding carboxylic acids is 1. The molecule has 0 fully saturated rings. The van der Waals surface area contributed by atoms with E-state index in [-0.39, 0.29) is 5.91 Å². The van der Waals surface area contributed by atoms with Crippen LogP contribution >= 0.6 is 15.9 Å². The first-order valence-electron chi connectivity index (χ1n) is 9.63. The zero-order valence-corrected chi connectivity index (χ0v) is 17.3. The van der Waals surface area contributed by atoms with E-state index in [4.69, 9.17) is 4.42 Å². The van der Waals surface area contributed by atoms with E-state index >= 15 is 0 Å². The lowest BCUT2D eigenvalue weighted by Gasteiger charge is -2.33. The van der Waals surface area contributed by atoms with E-state index in [0.29, 0.717) is 24.3 Å². The average Bonchev–Trinajstić information content (AvgIpc) is 3.49. The van der Waals surface area contributed by atoms with Crippen LogP contribution in [0.15, 0.2) is 70.1 Å². The fourth-order valence-electron chi connectivity index (χ4n) is 4.20. The van der Waals surface area contributed by atoms with Crippen molar-refractivity contribution >= 4 is 38.3 Å². The molecule has 1 aliphatic heterocycles. The fourth-order valence-corrected chi connectivity index (χ4v) is 4.53. The summed E-state index contributed by atoms with van der Waals surface area (Å²) in [5.41, 5.74) is 3.98. The van der Waals surface area contributed by atoms with Crippen LogP contribution in [0.4, 0.5) is 0 Å². The summed E-state index contributed by atoms with van der Waals surface area (Å²) >= 11 is 3.45. The Morgan fingerprint density at radius 2 is 2.13 bits per heavy atom. The van der Waals surface area contributed by atoms with Gasteiger partial charge in [-0.25, -0.2) is 9.50 Å². The molecular weight excluding hydrogens is 446 g/mol. The van der Waals surface area contributed by atoms with Crippen molar-refractivity contribution in [2.24, 2.45) is 0 Å². The van der Waals surface area contributed by atoms with Crippen LogP contribution in [-0.4, -0.2) is 36.9 Å². The van der Waals surface area contributed by atoms with Crippen LogP contribution in [0.5, 0.6) is 0 Å². The van der Waals surface area contributed by atoms with E-state index in [9.17, 15) is 4.79 Å². The lowest BCUT2D eigenvalue weighted by Crippen LogP contribution is -2.40. The maximum Gasteiger partial charge on any atom is 0.258 e. The second-order valence-corrected chi connectivity index (χ2v) is 8.26. The van der Waals surface area contributed by atoms with Crippen molar-refractivity contribution in [3.05, 3.63) is 88.4 Å². The number of nitrogens with zero attached hydrogens (tertiary/aromatic N) is 4. The number of amides is 1. The van der Waals surface area contributed by atoms with Crippen molar-refractivity contribution in [2.75, 3.05) is 6.54 Å². The van der Waals surface area contributed by atoms with Gasteiger partial charge in [0, 0.05) is 34.7 Å². The summed E-state index contributed by atoms with van der Waals surface area (Å²) < 4.78 is 8.77. The molecule has 6 rings (SSSR count). The Morgan fingerprint density at radius 1 is 1.23 bits per heavy atom. The molecule has 0 unspecified atom stereocenters. The lowest BCUT2D eigenvalue weighted by atomic mass is 9.99. The summed E-state index contributed by atoms with van der Waals surface area (Å²) in [6.07, 6.45) is 5.86. The van der Waals surface area contributed by atoms with Gasteiger partial charge in [0.05, 0.1) is 29.3 Å². The Kier molecular flexibility index (Phi) is 3.82. The van der Waals surface area contributed by atoms with E-state index in [1.807, 2.05) is 53.6 Å². The molecule has 0 aliphatic carbocycles. The second kappa shape index (κ2) is 6.56. The minimum Gasteiger partial charge on any atom is -0.458 e. The van der Waals surface area contributed by atoms with Gasteiger partial charge in [-0.05, 0) is 40.2 Å². The number of hydrogen-bond acceptors (Lipinski definition) is 4. The summed E-state index contributed by atoms with van der Waals surface area (Å²) in [6.45, 7) is 0.559. The molecule has 5 aromatic rings. The zero-order valence-electron chi connectivity index (χ0n) is 15.7. The van der Waals surface area contributed by atoms with Gasteiger partial charge in [0.1, 0.15) is 17.4 Å². The number of para-hydroxylation sites is 1. The standard InChI is InChI=1S/C22H16BrN5O2/c23-14-5-6-17-15(10-26-28(17)11-14)22(29)27-8-7-16-20(25-12-24-16)21(27)19-9-13-3-1-2-4-18(13)30-19/h1-6,9-12,21H,7-8H2,(H,24,25)/t21-/m1/s1. The van der Waals surface area contributed by atoms with Gasteiger partial charge in [0.2, 0.25) is 0 Å². The Hall–Kier alpha value is -3.39. The molecular formula is C22H16BrN5O2. The minimum atomic E-state index is -0.398. The summed E-state index contributed by atoms with van der Waals surface area (Å²) in [7, 11) is 0. The number of nitrogens with one attached hydrogen (secondary N) is 1. The summed E-state index contributed by atoms with van der Waals surface area (Å²) in [5.74, 6) is 0.614. The fraction of sp³-hybridized carbons (Fsp3) is 0.136. The third kappa shape index (κ3) is 2.60. The number of pyridine rings is 1. The third-order valence-electron chi connectivity index (χ3n) is 5.61. The molecule has 0 bridgehead atoms. The number of rotatable bonds is 2. The Morgan fingerprint density at radius 3 is 3.03 bits per heavy atom. The molecule has 1 atom stereocenters. The van der Waals surface area contributed by atoms with Crippen molar-refractivity contribution in [3.63, 3.8) is 0 Å². The van der Waals surface area contributed by atoms with Crippen LogP contribution in [0.1, 0.15) is 33.5 Å². The van der Waals surface area contributed by atoms with Crippen LogP contribution in [-0.2, 0) is 6.42 Å². The van der Waals surface area contributed by atoms with Gasteiger partial charge in [0.25, 0.3) is 5.91 Å². The SMILES string of the molecule is O=C(c1cnn2cc(Br)ccc12)N1CCc2[nH]cnc2[C@H]1c1cc2ccccc2o1. The van der Waals surface area contributed by atoms with Gasteiger partial charge in [-0.15, -0.1) is 0 Å². The van der Waals surface area contributed by atoms with Crippen molar-refractivity contribution in [1.82, 2.24) is 24.5 Å². The first kappa shape index (κ1) is 17.5. The monoisotopic (exact) mass is 461 g/mol. The number of imidazole rings is 1. The molecule has 0 spiro atoms. The molecule has 5 heterocycles. The van der Waals surface area contributed by atoms with Gasteiger partial charge < -0.3 is 14.3 Å². The number of aromatic nitrogens is 4. The molecule has 7 nitrogen and oxygen atoms in total. The number of hydrogen-bond donors (Lipinski definition) is 1. The van der Waals surface area contributed by atoms with Crippen LogP contribution < -0.4 is 0 Å². The smallest absolute Gasteiger partial charge is 0.258 e. The first-order chi connectivity index (χ1) is 14.7. The highest BCUT2D eigenvalue weighted by molar-refractivity contribution is 9.10. The van der Waals surface area contributed by atoms with Crippen molar-refractivity contribution < 1.29 is 9.21 Å². The molecule has 1 aliphatic rings. The summed E-state index contributed by atoms with van der Waals surface area (Å²) in [5, 5.41) is 5.36. The number of halogens is 1. The Bertz CT molecular complexity index is 1380. The van der Waals surface area contributed by atoms with Gasteiger partial charge in [-0.1, -0.05) is 18.2 Å². The molecule has 4 aromatic heterocycles. The van der Waals surface area contributed by atoms with Gasteiger partial charge in [-0.2, -0.15) is 5.10 Å². The first-order valence-corrected chi connectivity index (χ1v) is 10.4. The number of furan rings is 1. The lowest BCUT2D eigenvalue weighted by molar-refractivity contribution is 0.0675. The Balaban J connectivity index is 1.48. The van der Waals surface area contributed by atoms with Gasteiger partial charge in [-0.3, -0.25) is 4.79 Å². The maximum absolute atomic E-state index is 13.7. The van der Waals surface area contributed by atoms with Gasteiger partial charge in [0.15, 0.2) is 0 Å². The van der Waals surface area contributed by atoms with E-state index in [1.165, 1.54) is 0 Å². The molecule has 1 N–H and O–H groups in total. The topological polar surface area (TPSA) is 79.4 Å². The number of H-pyrrole nitrogens is 1. The normalized spacial score (nSPS) is 16.3. The minimum absolute atomic E-state index is 0.0913. The summed E-state index contributed by atoms with van der Waals surface area (Å²) in [6, 6.07) is 13.3. The zero-order chi connectivity index (χ0) is 20.2. The molecule has 30 heavy (non-hydrogen) atoms. The van der Waals surface area contributed by atoms with E-state index in [0.717, 1.165) is 32.3 Å². The molecule has 148 valence electrons. The number of fused-ring (bicyclic) bond motifs is 3. The number of aromatic amines is 1. The molecule has 0 saturated heterocycles. The predicted octanol–water partition coefficient (Wildman–Crippen LogP) is 4.35. The van der Waals surface area contributed by atoms with Crippen LogP contribution in [0.3, 0.4) is 0 Å². The van der Waals surface area contributed by atoms with E-state index in [1.54, 1.807) is 17.0 Å². The molecule has 0 saturated carbocycles. The molecule has 1 amide bonds. The van der Waals surface area contributed by atoms with Gasteiger partial charge >= 0.3 is 0 Å². The number of benzene rings is 1. The predicted molar refractivity (Wildman–Crippen MR) is 114 cm³/mol. The Labute approximate surface area is 179 Å². The molecule has 0 radical (unpaired) electrons. The highest BCUT2D eigenvalue weighted by atomic mass is 79.9. The average molecular weight is 462 g/mol. The quantitative estimate of drug-likeness (QED) is 0.423. The van der Waals surface area contributed by atoms with Crippen molar-refractivity contribution in [1.29, 1.82) is 0 Å². The van der Waals surface area contributed by atoms with E-state index in [2.05, 4.69) is 31.0 Å². The molecule has 8 heteroatoms. The molecule has 1 aromatic carbocycles. The van der Waals surface area contributed by atoms with E-state index < -0.39 is 6.04 Å². The van der Waals surface area contributed by atoms with Crippen molar-refractivity contribution in [2.45, 2.75) is 12.5 Å².